The van der Waals surface area contributed by atoms with Crippen molar-refractivity contribution in [3.63, 3.8) is 0 Å². The summed E-state index contributed by atoms with van der Waals surface area (Å²) in [4.78, 5) is 10.6. The van der Waals surface area contributed by atoms with Crippen molar-refractivity contribution < 1.29 is 18.3 Å². The van der Waals surface area contributed by atoms with E-state index in [-0.39, 0.29) is 6.04 Å². The average molecular weight is 232 g/mol. The molecule has 0 radical (unpaired) electrons. The monoisotopic (exact) mass is 232 g/mol. The molecule has 2 atom stereocenters. The van der Waals surface area contributed by atoms with Crippen molar-refractivity contribution in [1.29, 1.82) is 5.26 Å². The molecule has 1 aliphatic rings. The zero-order valence-corrected chi connectivity index (χ0v) is 8.83. The van der Waals surface area contributed by atoms with Gasteiger partial charge in [-0.15, -0.1) is 0 Å². The van der Waals surface area contributed by atoms with Gasteiger partial charge in [0.05, 0.1) is 12.0 Å². The lowest BCUT2D eigenvalue weighted by Crippen LogP contribution is -2.34. The number of nitriles is 1. The fraction of sp³-hybridized carbons (Fsp3) is 0.750. The van der Waals surface area contributed by atoms with Gasteiger partial charge in [0.25, 0.3) is 0 Å². The molecule has 0 aromatic rings. The van der Waals surface area contributed by atoms with Crippen molar-refractivity contribution in [2.75, 3.05) is 5.75 Å². The molecule has 0 aromatic carbocycles. The van der Waals surface area contributed by atoms with Gasteiger partial charge in [-0.05, 0) is 19.3 Å². The number of nitrogens with zero attached hydrogens (tertiary/aromatic N) is 1. The smallest absolute Gasteiger partial charge is 0.306 e. The van der Waals surface area contributed by atoms with Crippen LogP contribution in [0.15, 0.2) is 0 Å². The Labute approximate surface area is 87.9 Å². The first-order valence-electron chi connectivity index (χ1n) is 4.54. The van der Waals surface area contributed by atoms with Gasteiger partial charge in [0, 0.05) is 6.04 Å². The van der Waals surface area contributed by atoms with Gasteiger partial charge in [0.15, 0.2) is 5.75 Å². The van der Waals surface area contributed by atoms with Gasteiger partial charge in [-0.1, -0.05) is 0 Å². The molecule has 0 spiro atoms. The second kappa shape index (κ2) is 4.59. The SMILES string of the molecule is N#CCS(=O)(=O)NC1CCC(C(=O)O)C1. The number of aliphatic carboxylic acids is 1. The van der Waals surface area contributed by atoms with E-state index in [9.17, 15) is 13.2 Å². The molecule has 1 saturated carbocycles. The van der Waals surface area contributed by atoms with Crippen LogP contribution >= 0.6 is 0 Å². The lowest BCUT2D eigenvalue weighted by atomic mass is 10.1. The first-order chi connectivity index (χ1) is 6.94. The van der Waals surface area contributed by atoms with Crippen molar-refractivity contribution in [2.24, 2.45) is 5.92 Å². The standard InChI is InChI=1S/C8H12N2O4S/c9-3-4-15(13,14)10-7-2-1-6(5-7)8(11)12/h6-7,10H,1-2,4-5H2,(H,11,12). The van der Waals surface area contributed by atoms with Crippen LogP contribution in [0.2, 0.25) is 0 Å². The van der Waals surface area contributed by atoms with Crippen molar-refractivity contribution in [3.05, 3.63) is 0 Å². The molecular weight excluding hydrogens is 220 g/mol. The molecule has 2 unspecified atom stereocenters. The van der Waals surface area contributed by atoms with Crippen LogP contribution in [0, 0.1) is 17.2 Å². The first kappa shape index (κ1) is 11.9. The normalized spacial score (nSPS) is 26.1. The van der Waals surface area contributed by atoms with E-state index in [0.29, 0.717) is 19.3 Å². The highest BCUT2D eigenvalue weighted by Gasteiger charge is 2.31. The summed E-state index contributed by atoms with van der Waals surface area (Å²) in [5.74, 6) is -1.95. The third-order valence-corrected chi connectivity index (χ3v) is 3.58. The first-order valence-corrected chi connectivity index (χ1v) is 6.19. The van der Waals surface area contributed by atoms with E-state index in [2.05, 4.69) is 4.72 Å². The molecule has 1 fully saturated rings. The highest BCUT2D eigenvalue weighted by Crippen LogP contribution is 2.25. The summed E-state index contributed by atoms with van der Waals surface area (Å²) >= 11 is 0. The summed E-state index contributed by atoms with van der Waals surface area (Å²) < 4.78 is 24.7. The van der Waals surface area contributed by atoms with E-state index in [1.165, 1.54) is 0 Å². The molecule has 0 amide bonds. The third kappa shape index (κ3) is 3.49. The van der Waals surface area contributed by atoms with E-state index < -0.39 is 27.7 Å². The molecule has 0 bridgehead atoms. The molecule has 0 aliphatic heterocycles. The van der Waals surface area contributed by atoms with Crippen LogP contribution in [-0.4, -0.2) is 31.3 Å². The zero-order chi connectivity index (χ0) is 11.5. The highest BCUT2D eigenvalue weighted by molar-refractivity contribution is 7.89. The number of carbonyl (C=O) groups is 1. The van der Waals surface area contributed by atoms with Crippen molar-refractivity contribution in [3.8, 4) is 6.07 Å². The molecule has 2 N–H and O–H groups in total. The summed E-state index contributed by atoms with van der Waals surface area (Å²) in [6.07, 6.45) is 1.30. The second-order valence-electron chi connectivity index (χ2n) is 3.58. The van der Waals surface area contributed by atoms with E-state index in [0.717, 1.165) is 0 Å². The summed E-state index contributed by atoms with van der Waals surface area (Å²) in [6, 6.07) is 1.21. The number of sulfonamides is 1. The molecule has 1 aliphatic carbocycles. The Morgan fingerprint density at radius 2 is 2.20 bits per heavy atom. The predicted octanol–water partition coefficient (Wildman–Crippen LogP) is -0.317. The Kier molecular flexibility index (Phi) is 3.66. The summed E-state index contributed by atoms with van der Waals surface area (Å²) in [5, 5.41) is 17.0. The van der Waals surface area contributed by atoms with Crippen LogP contribution in [0.3, 0.4) is 0 Å². The Morgan fingerprint density at radius 1 is 1.53 bits per heavy atom. The third-order valence-electron chi connectivity index (χ3n) is 2.38. The molecule has 7 heteroatoms. The number of rotatable bonds is 4. The van der Waals surface area contributed by atoms with Crippen LogP contribution in [-0.2, 0) is 14.8 Å². The topological polar surface area (TPSA) is 107 Å². The summed E-state index contributed by atoms with van der Waals surface area (Å²) in [5.41, 5.74) is 0. The maximum absolute atomic E-state index is 11.2. The highest BCUT2D eigenvalue weighted by atomic mass is 32.2. The minimum Gasteiger partial charge on any atom is -0.481 e. The molecule has 6 nitrogen and oxygen atoms in total. The number of carboxylic acids is 1. The number of carboxylic acid groups (broad SMARTS) is 1. The Balaban J connectivity index is 2.50. The van der Waals surface area contributed by atoms with Crippen LogP contribution in [0.4, 0.5) is 0 Å². The minimum absolute atomic E-state index is 0.306. The Bertz CT molecular complexity index is 384. The lowest BCUT2D eigenvalue weighted by Gasteiger charge is -2.10. The van der Waals surface area contributed by atoms with Gasteiger partial charge in [-0.2, -0.15) is 5.26 Å². The summed E-state index contributed by atoms with van der Waals surface area (Å²) in [7, 11) is -3.57. The molecule has 15 heavy (non-hydrogen) atoms. The fourth-order valence-corrected chi connectivity index (χ4v) is 2.67. The van der Waals surface area contributed by atoms with Crippen molar-refractivity contribution in [1.82, 2.24) is 4.72 Å². The van der Waals surface area contributed by atoms with E-state index in [4.69, 9.17) is 10.4 Å². The molecular formula is C8H12N2O4S. The maximum Gasteiger partial charge on any atom is 0.306 e. The van der Waals surface area contributed by atoms with Crippen molar-refractivity contribution >= 4 is 16.0 Å². The quantitative estimate of drug-likeness (QED) is 0.690. The largest absolute Gasteiger partial charge is 0.481 e. The van der Waals surface area contributed by atoms with Gasteiger partial charge in [-0.25, -0.2) is 13.1 Å². The maximum atomic E-state index is 11.2. The molecule has 0 heterocycles. The fourth-order valence-electron chi connectivity index (χ4n) is 1.69. The van der Waals surface area contributed by atoms with Crippen LogP contribution in [0.25, 0.3) is 0 Å². The van der Waals surface area contributed by atoms with E-state index in [1.807, 2.05) is 0 Å². The molecule has 0 saturated heterocycles. The van der Waals surface area contributed by atoms with Crippen molar-refractivity contribution in [2.45, 2.75) is 25.3 Å². The van der Waals surface area contributed by atoms with E-state index in [1.54, 1.807) is 6.07 Å². The van der Waals surface area contributed by atoms with Gasteiger partial charge in [0.2, 0.25) is 10.0 Å². The average Bonchev–Trinajstić information content (AvgIpc) is 2.51. The Hall–Kier alpha value is -1.13. The lowest BCUT2D eigenvalue weighted by molar-refractivity contribution is -0.141. The van der Waals surface area contributed by atoms with Gasteiger partial charge in [-0.3, -0.25) is 4.79 Å². The number of nitrogens with one attached hydrogen (secondary N) is 1. The Morgan fingerprint density at radius 3 is 2.67 bits per heavy atom. The second-order valence-corrected chi connectivity index (χ2v) is 5.33. The van der Waals surface area contributed by atoms with Gasteiger partial charge < -0.3 is 5.11 Å². The predicted molar refractivity (Wildman–Crippen MR) is 51.3 cm³/mol. The zero-order valence-electron chi connectivity index (χ0n) is 8.01. The molecule has 84 valence electrons. The number of hydrogen-bond donors (Lipinski definition) is 2. The molecule has 0 aromatic heterocycles. The van der Waals surface area contributed by atoms with Gasteiger partial charge in [0.1, 0.15) is 0 Å². The van der Waals surface area contributed by atoms with Crippen LogP contribution in [0.1, 0.15) is 19.3 Å². The number of hydrogen-bond acceptors (Lipinski definition) is 4. The summed E-state index contributed by atoms with van der Waals surface area (Å²) in [6.45, 7) is 0. The van der Waals surface area contributed by atoms with E-state index >= 15 is 0 Å². The molecule has 1 rings (SSSR count). The van der Waals surface area contributed by atoms with Gasteiger partial charge >= 0.3 is 5.97 Å². The van der Waals surface area contributed by atoms with Crippen LogP contribution in [0.5, 0.6) is 0 Å². The van der Waals surface area contributed by atoms with Crippen LogP contribution < -0.4 is 4.72 Å². The minimum atomic E-state index is -3.57.